The fraction of sp³-hybridized carbons (Fsp3) is 0.368. The summed E-state index contributed by atoms with van der Waals surface area (Å²) >= 11 is 0. The standard InChI is InChI=1S/C19H23NO/c1-15(21)19-11-12-20(14-19)13-16-7-9-18(10-8-16)17-5-3-2-4-6-17/h2-10,15,19,21H,11-14H2,1H3. The number of likely N-dealkylation sites (tertiary alicyclic amines) is 1. The van der Waals surface area contributed by atoms with Gasteiger partial charge in [-0.15, -0.1) is 0 Å². The Morgan fingerprint density at radius 1 is 1.05 bits per heavy atom. The summed E-state index contributed by atoms with van der Waals surface area (Å²) in [6, 6.07) is 19.3. The zero-order valence-corrected chi connectivity index (χ0v) is 12.6. The van der Waals surface area contributed by atoms with Crippen LogP contribution in [0.25, 0.3) is 11.1 Å². The minimum absolute atomic E-state index is 0.185. The number of aliphatic hydroxyl groups is 1. The van der Waals surface area contributed by atoms with Crippen molar-refractivity contribution in [1.82, 2.24) is 4.90 Å². The molecule has 0 aromatic heterocycles. The number of nitrogens with zero attached hydrogens (tertiary/aromatic N) is 1. The third kappa shape index (κ3) is 3.52. The molecule has 2 heteroatoms. The molecule has 2 aromatic rings. The van der Waals surface area contributed by atoms with Crippen LogP contribution in [-0.2, 0) is 6.54 Å². The van der Waals surface area contributed by atoms with E-state index in [1.54, 1.807) is 0 Å². The second-order valence-electron chi connectivity index (χ2n) is 6.09. The Bertz CT molecular complexity index is 562. The zero-order chi connectivity index (χ0) is 14.7. The average Bonchev–Trinajstić information content (AvgIpc) is 2.98. The molecule has 1 aliphatic rings. The highest BCUT2D eigenvalue weighted by Crippen LogP contribution is 2.23. The third-order valence-electron chi connectivity index (χ3n) is 4.46. The molecular weight excluding hydrogens is 258 g/mol. The van der Waals surface area contributed by atoms with Gasteiger partial charge in [0.25, 0.3) is 0 Å². The highest BCUT2D eigenvalue weighted by Gasteiger charge is 2.25. The van der Waals surface area contributed by atoms with Crippen molar-refractivity contribution in [3.05, 3.63) is 60.2 Å². The van der Waals surface area contributed by atoms with Gasteiger partial charge < -0.3 is 5.11 Å². The molecule has 1 aliphatic heterocycles. The summed E-state index contributed by atoms with van der Waals surface area (Å²) < 4.78 is 0. The summed E-state index contributed by atoms with van der Waals surface area (Å²) in [6.45, 7) is 5.00. The predicted octanol–water partition coefficient (Wildman–Crippen LogP) is 3.56. The fourth-order valence-electron chi connectivity index (χ4n) is 3.09. The largest absolute Gasteiger partial charge is 0.393 e. The molecule has 1 fully saturated rings. The number of benzene rings is 2. The van der Waals surface area contributed by atoms with Gasteiger partial charge in [-0.3, -0.25) is 4.90 Å². The number of aliphatic hydroxyl groups excluding tert-OH is 1. The topological polar surface area (TPSA) is 23.5 Å². The van der Waals surface area contributed by atoms with Gasteiger partial charge in [-0.05, 0) is 42.5 Å². The smallest absolute Gasteiger partial charge is 0.0552 e. The van der Waals surface area contributed by atoms with Crippen molar-refractivity contribution in [2.24, 2.45) is 5.92 Å². The Morgan fingerprint density at radius 3 is 2.33 bits per heavy atom. The van der Waals surface area contributed by atoms with Gasteiger partial charge in [0.15, 0.2) is 0 Å². The quantitative estimate of drug-likeness (QED) is 0.926. The molecule has 0 saturated carbocycles. The Labute approximate surface area is 127 Å². The van der Waals surface area contributed by atoms with Gasteiger partial charge in [-0.2, -0.15) is 0 Å². The third-order valence-corrected chi connectivity index (χ3v) is 4.46. The van der Waals surface area contributed by atoms with Crippen LogP contribution in [0.4, 0.5) is 0 Å². The van der Waals surface area contributed by atoms with E-state index in [1.807, 2.05) is 13.0 Å². The summed E-state index contributed by atoms with van der Waals surface area (Å²) in [7, 11) is 0. The van der Waals surface area contributed by atoms with Crippen LogP contribution in [0, 0.1) is 5.92 Å². The molecule has 110 valence electrons. The van der Waals surface area contributed by atoms with Crippen LogP contribution in [-0.4, -0.2) is 29.2 Å². The van der Waals surface area contributed by atoms with Crippen molar-refractivity contribution in [2.45, 2.75) is 26.0 Å². The summed E-state index contributed by atoms with van der Waals surface area (Å²) in [5.74, 6) is 0.439. The van der Waals surface area contributed by atoms with E-state index in [0.29, 0.717) is 5.92 Å². The van der Waals surface area contributed by atoms with Gasteiger partial charge >= 0.3 is 0 Å². The minimum Gasteiger partial charge on any atom is -0.393 e. The lowest BCUT2D eigenvalue weighted by Crippen LogP contribution is -2.23. The molecule has 0 aliphatic carbocycles. The monoisotopic (exact) mass is 281 g/mol. The highest BCUT2D eigenvalue weighted by atomic mass is 16.3. The Balaban J connectivity index is 1.63. The molecule has 1 N–H and O–H groups in total. The fourth-order valence-corrected chi connectivity index (χ4v) is 3.09. The molecule has 1 saturated heterocycles. The molecule has 2 unspecified atom stereocenters. The van der Waals surface area contributed by atoms with Crippen LogP contribution in [0.3, 0.4) is 0 Å². The minimum atomic E-state index is -0.185. The van der Waals surface area contributed by atoms with Crippen molar-refractivity contribution in [2.75, 3.05) is 13.1 Å². The first-order valence-electron chi connectivity index (χ1n) is 7.77. The van der Waals surface area contributed by atoms with E-state index in [4.69, 9.17) is 0 Å². The molecule has 0 spiro atoms. The van der Waals surface area contributed by atoms with Crippen LogP contribution in [0.2, 0.25) is 0 Å². The maximum Gasteiger partial charge on any atom is 0.0552 e. The molecule has 0 radical (unpaired) electrons. The van der Waals surface area contributed by atoms with Gasteiger partial charge in [0.2, 0.25) is 0 Å². The first-order chi connectivity index (χ1) is 10.2. The van der Waals surface area contributed by atoms with E-state index in [2.05, 4.69) is 53.4 Å². The molecule has 3 rings (SSSR count). The van der Waals surface area contributed by atoms with E-state index >= 15 is 0 Å². The lowest BCUT2D eigenvalue weighted by atomic mass is 10.0. The molecule has 1 heterocycles. The molecule has 2 aromatic carbocycles. The maximum absolute atomic E-state index is 9.67. The van der Waals surface area contributed by atoms with Gasteiger partial charge in [-0.1, -0.05) is 54.6 Å². The summed E-state index contributed by atoms with van der Waals surface area (Å²) in [4.78, 5) is 2.44. The second-order valence-corrected chi connectivity index (χ2v) is 6.09. The Morgan fingerprint density at radius 2 is 1.71 bits per heavy atom. The molecule has 2 atom stereocenters. The average molecular weight is 281 g/mol. The van der Waals surface area contributed by atoms with Crippen molar-refractivity contribution in [1.29, 1.82) is 0 Å². The lowest BCUT2D eigenvalue weighted by Gasteiger charge is -2.17. The molecule has 0 bridgehead atoms. The van der Waals surface area contributed by atoms with Crippen LogP contribution in [0.1, 0.15) is 18.9 Å². The maximum atomic E-state index is 9.67. The van der Waals surface area contributed by atoms with Gasteiger partial charge in [0, 0.05) is 13.1 Å². The number of hydrogen-bond acceptors (Lipinski definition) is 2. The molecule has 2 nitrogen and oxygen atoms in total. The second kappa shape index (κ2) is 6.42. The van der Waals surface area contributed by atoms with Gasteiger partial charge in [-0.25, -0.2) is 0 Å². The van der Waals surface area contributed by atoms with E-state index in [9.17, 15) is 5.11 Å². The SMILES string of the molecule is CC(O)C1CCN(Cc2ccc(-c3ccccc3)cc2)C1. The first-order valence-corrected chi connectivity index (χ1v) is 7.77. The number of hydrogen-bond donors (Lipinski definition) is 1. The molecule has 0 amide bonds. The number of rotatable bonds is 4. The van der Waals surface area contributed by atoms with E-state index in [1.165, 1.54) is 16.7 Å². The van der Waals surface area contributed by atoms with Crippen LogP contribution < -0.4 is 0 Å². The van der Waals surface area contributed by atoms with Gasteiger partial charge in [0.05, 0.1) is 6.10 Å². The van der Waals surface area contributed by atoms with Crippen LogP contribution in [0.5, 0.6) is 0 Å². The molecule has 21 heavy (non-hydrogen) atoms. The Kier molecular flexibility index (Phi) is 4.37. The van der Waals surface area contributed by atoms with Crippen molar-refractivity contribution in [3.8, 4) is 11.1 Å². The molecular formula is C19H23NO. The van der Waals surface area contributed by atoms with Gasteiger partial charge in [0.1, 0.15) is 0 Å². The lowest BCUT2D eigenvalue weighted by molar-refractivity contribution is 0.127. The van der Waals surface area contributed by atoms with Crippen molar-refractivity contribution < 1.29 is 5.11 Å². The van der Waals surface area contributed by atoms with Crippen LogP contribution in [0.15, 0.2) is 54.6 Å². The summed E-state index contributed by atoms with van der Waals surface area (Å²) in [5.41, 5.74) is 3.88. The normalized spacial score (nSPS) is 20.6. The first kappa shape index (κ1) is 14.3. The predicted molar refractivity (Wildman–Crippen MR) is 86.9 cm³/mol. The summed E-state index contributed by atoms with van der Waals surface area (Å²) in [6.07, 6.45) is 0.926. The zero-order valence-electron chi connectivity index (χ0n) is 12.6. The van der Waals surface area contributed by atoms with E-state index in [-0.39, 0.29) is 6.10 Å². The highest BCUT2D eigenvalue weighted by molar-refractivity contribution is 5.63. The van der Waals surface area contributed by atoms with Crippen molar-refractivity contribution in [3.63, 3.8) is 0 Å². The van der Waals surface area contributed by atoms with E-state index < -0.39 is 0 Å². The van der Waals surface area contributed by atoms with Crippen LogP contribution >= 0.6 is 0 Å². The van der Waals surface area contributed by atoms with E-state index in [0.717, 1.165) is 26.1 Å². The van der Waals surface area contributed by atoms with Crippen molar-refractivity contribution >= 4 is 0 Å². The summed E-state index contributed by atoms with van der Waals surface area (Å²) in [5, 5.41) is 9.67. The Hall–Kier alpha value is -1.64.